The summed E-state index contributed by atoms with van der Waals surface area (Å²) in [7, 11) is 2.00. The predicted octanol–water partition coefficient (Wildman–Crippen LogP) is 3.75. The fourth-order valence-corrected chi connectivity index (χ4v) is 4.08. The molecule has 3 aromatic rings. The Hall–Kier alpha value is -3.05. The number of thiazole rings is 1. The van der Waals surface area contributed by atoms with Crippen molar-refractivity contribution in [1.29, 1.82) is 0 Å². The van der Waals surface area contributed by atoms with Crippen LogP contribution in [0.4, 0.5) is 24.1 Å². The van der Waals surface area contributed by atoms with E-state index in [4.69, 9.17) is 0 Å². The zero-order valence-corrected chi connectivity index (χ0v) is 17.4. The number of nitrogens with zero attached hydrogens (tertiary/aromatic N) is 5. The molecule has 4 rings (SSSR count). The summed E-state index contributed by atoms with van der Waals surface area (Å²) >= 11 is 1.08. The van der Waals surface area contributed by atoms with Gasteiger partial charge in [-0.05, 0) is 31.3 Å². The van der Waals surface area contributed by atoms with Crippen LogP contribution in [0.1, 0.15) is 15.2 Å². The third kappa shape index (κ3) is 4.83. The molecule has 0 unspecified atom stereocenters. The summed E-state index contributed by atoms with van der Waals surface area (Å²) in [4.78, 5) is 30.2. The highest BCUT2D eigenvalue weighted by atomic mass is 32.1. The molecule has 11 heteroatoms. The van der Waals surface area contributed by atoms with Gasteiger partial charge >= 0.3 is 6.18 Å². The summed E-state index contributed by atoms with van der Waals surface area (Å²) in [5.41, 5.74) is 0.0884. The summed E-state index contributed by atoms with van der Waals surface area (Å²) in [6, 6.07) is 7.08. The van der Waals surface area contributed by atoms with E-state index in [1.165, 1.54) is 0 Å². The van der Waals surface area contributed by atoms with E-state index < -0.39 is 11.7 Å². The number of nitrogens with one attached hydrogen (secondary N) is 1. The molecule has 0 atom stereocenters. The number of piperazine rings is 1. The van der Waals surface area contributed by atoms with Crippen molar-refractivity contribution in [3.63, 3.8) is 0 Å². The number of likely N-dealkylation sites (N-methyl/N-ethyl adjacent to an activating group) is 1. The van der Waals surface area contributed by atoms with Gasteiger partial charge in [0.15, 0.2) is 5.13 Å². The van der Waals surface area contributed by atoms with Crippen LogP contribution < -0.4 is 5.32 Å². The van der Waals surface area contributed by atoms with Crippen molar-refractivity contribution in [3.05, 3.63) is 53.2 Å². The molecule has 1 aliphatic heterocycles. The monoisotopic (exact) mass is 448 g/mol. The maximum atomic E-state index is 13.2. The third-order valence-electron chi connectivity index (χ3n) is 4.84. The van der Waals surface area contributed by atoms with E-state index in [9.17, 15) is 18.0 Å². The molecule has 31 heavy (non-hydrogen) atoms. The fraction of sp³-hybridized carbons (Fsp3) is 0.300. The second-order valence-corrected chi connectivity index (χ2v) is 8.06. The molecule has 0 spiro atoms. The summed E-state index contributed by atoms with van der Waals surface area (Å²) in [6.07, 6.45) is -1.81. The lowest BCUT2D eigenvalue weighted by Crippen LogP contribution is -2.47. The lowest BCUT2D eigenvalue weighted by atomic mass is 10.2. The summed E-state index contributed by atoms with van der Waals surface area (Å²) in [5.74, 6) is -0.175. The molecule has 0 bridgehead atoms. The largest absolute Gasteiger partial charge is 0.416 e. The van der Waals surface area contributed by atoms with E-state index in [1.54, 1.807) is 29.3 Å². The Labute approximate surface area is 180 Å². The van der Waals surface area contributed by atoms with Crippen molar-refractivity contribution in [2.75, 3.05) is 38.5 Å². The number of carbonyl (C=O) groups excluding carboxylic acids is 1. The number of pyridine rings is 2. The number of carbonyl (C=O) groups is 1. The first kappa shape index (κ1) is 21.2. The molecule has 0 aliphatic carbocycles. The number of hydrogen-bond donors (Lipinski definition) is 1. The van der Waals surface area contributed by atoms with Crippen molar-refractivity contribution in [1.82, 2.24) is 24.8 Å². The number of anilines is 2. The van der Waals surface area contributed by atoms with Gasteiger partial charge in [0.05, 0.1) is 11.3 Å². The summed E-state index contributed by atoms with van der Waals surface area (Å²) in [6.45, 7) is 2.71. The van der Waals surface area contributed by atoms with Crippen LogP contribution in [-0.2, 0) is 6.18 Å². The number of alkyl halides is 3. The number of amides is 1. The van der Waals surface area contributed by atoms with E-state index in [0.717, 1.165) is 42.8 Å². The van der Waals surface area contributed by atoms with Crippen LogP contribution in [0, 0.1) is 0 Å². The Kier molecular flexibility index (Phi) is 5.88. The highest BCUT2D eigenvalue weighted by Crippen LogP contribution is 2.34. The topological polar surface area (TPSA) is 74.2 Å². The Morgan fingerprint density at radius 2 is 1.87 bits per heavy atom. The number of aromatic nitrogens is 3. The molecule has 4 heterocycles. The third-order valence-corrected chi connectivity index (χ3v) is 5.80. The van der Waals surface area contributed by atoms with Gasteiger partial charge in [0.2, 0.25) is 0 Å². The molecular weight excluding hydrogens is 429 g/mol. The predicted molar refractivity (Wildman–Crippen MR) is 111 cm³/mol. The second kappa shape index (κ2) is 8.60. The van der Waals surface area contributed by atoms with Crippen LogP contribution in [-0.4, -0.2) is 63.9 Å². The minimum absolute atomic E-state index is 0.00487. The summed E-state index contributed by atoms with van der Waals surface area (Å²) in [5, 5.41) is 3.07. The van der Waals surface area contributed by atoms with E-state index in [0.29, 0.717) is 29.4 Å². The molecule has 0 radical (unpaired) electrons. The van der Waals surface area contributed by atoms with Gasteiger partial charge in [-0.3, -0.25) is 9.78 Å². The molecule has 0 saturated carbocycles. The molecule has 7 nitrogen and oxygen atoms in total. The van der Waals surface area contributed by atoms with Crippen LogP contribution in [0.5, 0.6) is 0 Å². The highest BCUT2D eigenvalue weighted by molar-refractivity contribution is 7.18. The molecule has 1 N–H and O–H groups in total. The molecule has 1 aliphatic rings. The smallest absolute Gasteiger partial charge is 0.335 e. The number of hydrogen-bond acceptors (Lipinski definition) is 7. The van der Waals surface area contributed by atoms with Crippen molar-refractivity contribution in [3.8, 4) is 11.4 Å². The van der Waals surface area contributed by atoms with E-state index in [1.807, 2.05) is 7.05 Å². The molecule has 1 amide bonds. The van der Waals surface area contributed by atoms with Gasteiger partial charge in [0.1, 0.15) is 16.4 Å². The minimum Gasteiger partial charge on any atom is -0.335 e. The first-order valence-electron chi connectivity index (χ1n) is 9.51. The Morgan fingerprint density at radius 3 is 2.55 bits per heavy atom. The Morgan fingerprint density at radius 1 is 1.10 bits per heavy atom. The molecule has 1 saturated heterocycles. The maximum Gasteiger partial charge on any atom is 0.416 e. The number of halogens is 3. The van der Waals surface area contributed by atoms with Gasteiger partial charge in [-0.25, -0.2) is 9.97 Å². The highest BCUT2D eigenvalue weighted by Gasteiger charge is 2.31. The van der Waals surface area contributed by atoms with Crippen LogP contribution in [0.2, 0.25) is 0 Å². The zero-order valence-electron chi connectivity index (χ0n) is 16.6. The van der Waals surface area contributed by atoms with Gasteiger partial charge in [-0.2, -0.15) is 13.2 Å². The van der Waals surface area contributed by atoms with Crippen molar-refractivity contribution < 1.29 is 18.0 Å². The average molecular weight is 448 g/mol. The van der Waals surface area contributed by atoms with Gasteiger partial charge in [-0.15, -0.1) is 0 Å². The second-order valence-electron chi connectivity index (χ2n) is 7.06. The molecule has 162 valence electrons. The van der Waals surface area contributed by atoms with Gasteiger partial charge < -0.3 is 15.1 Å². The van der Waals surface area contributed by atoms with Gasteiger partial charge in [0, 0.05) is 38.6 Å². The molecule has 1 fully saturated rings. The standard InChI is InChI=1S/C20H19F3N6OS/c1-28-8-10-29(11-9-28)18(30)17-16(14-4-2-3-6-24-14)27-19(31-17)26-15-12-13(5-7-25-15)20(21,22)23/h2-7,12H,8-11H2,1H3,(H,25,26,27). The summed E-state index contributed by atoms with van der Waals surface area (Å²) < 4.78 is 39.0. The minimum atomic E-state index is -4.48. The van der Waals surface area contributed by atoms with Gasteiger partial charge in [0.25, 0.3) is 5.91 Å². The Balaban J connectivity index is 1.66. The van der Waals surface area contributed by atoms with Crippen LogP contribution in [0.15, 0.2) is 42.7 Å². The molecule has 3 aromatic heterocycles. The van der Waals surface area contributed by atoms with Crippen molar-refractivity contribution in [2.24, 2.45) is 0 Å². The quantitative estimate of drug-likeness (QED) is 0.655. The van der Waals surface area contributed by atoms with E-state index in [2.05, 4.69) is 25.2 Å². The van der Waals surface area contributed by atoms with E-state index >= 15 is 0 Å². The van der Waals surface area contributed by atoms with E-state index in [-0.39, 0.29) is 16.9 Å². The lowest BCUT2D eigenvalue weighted by molar-refractivity contribution is -0.137. The van der Waals surface area contributed by atoms with Crippen LogP contribution >= 0.6 is 11.3 Å². The SMILES string of the molecule is CN1CCN(C(=O)c2sc(Nc3cc(C(F)(F)F)ccn3)nc2-c2ccccn2)CC1. The fourth-order valence-electron chi connectivity index (χ4n) is 3.13. The lowest BCUT2D eigenvalue weighted by Gasteiger charge is -2.32. The molecule has 0 aromatic carbocycles. The normalized spacial score (nSPS) is 15.2. The zero-order chi connectivity index (χ0) is 22.0. The maximum absolute atomic E-state index is 13.2. The van der Waals surface area contributed by atoms with Crippen LogP contribution in [0.3, 0.4) is 0 Å². The van der Waals surface area contributed by atoms with Crippen LogP contribution in [0.25, 0.3) is 11.4 Å². The Bertz CT molecular complexity index is 1060. The first-order valence-corrected chi connectivity index (χ1v) is 10.3. The first-order chi connectivity index (χ1) is 14.8. The number of rotatable bonds is 4. The average Bonchev–Trinajstić information content (AvgIpc) is 3.18. The van der Waals surface area contributed by atoms with Crippen molar-refractivity contribution >= 4 is 28.2 Å². The van der Waals surface area contributed by atoms with Crippen molar-refractivity contribution in [2.45, 2.75) is 6.18 Å². The van der Waals surface area contributed by atoms with Gasteiger partial charge in [-0.1, -0.05) is 17.4 Å². The molecular formula is C20H19F3N6OS.